The molecule has 1 saturated heterocycles. The van der Waals surface area contributed by atoms with Gasteiger partial charge in [0.2, 0.25) is 0 Å². The molecule has 1 aromatic heterocycles. The van der Waals surface area contributed by atoms with E-state index in [1.807, 2.05) is 17.7 Å². The van der Waals surface area contributed by atoms with E-state index in [9.17, 15) is 5.11 Å². The molecule has 90 valence electrons. The lowest BCUT2D eigenvalue weighted by atomic mass is 9.83. The van der Waals surface area contributed by atoms with Crippen LogP contribution in [0.3, 0.4) is 0 Å². The van der Waals surface area contributed by atoms with E-state index in [1.165, 1.54) is 0 Å². The Labute approximate surface area is 109 Å². The summed E-state index contributed by atoms with van der Waals surface area (Å²) >= 11 is 5.09. The number of aliphatic hydroxyl groups is 1. The summed E-state index contributed by atoms with van der Waals surface area (Å²) in [6, 6.07) is 0. The van der Waals surface area contributed by atoms with Crippen LogP contribution in [-0.2, 0) is 4.74 Å². The predicted octanol–water partition coefficient (Wildman–Crippen LogP) is 3.60. The average Bonchev–Trinajstić information content (AvgIpc) is 2.73. The summed E-state index contributed by atoms with van der Waals surface area (Å²) in [6.45, 7) is 6.28. The number of thiophene rings is 1. The molecule has 0 radical (unpaired) electrons. The van der Waals surface area contributed by atoms with Crippen molar-refractivity contribution < 1.29 is 9.84 Å². The third kappa shape index (κ3) is 2.08. The predicted molar refractivity (Wildman–Crippen MR) is 69.6 cm³/mol. The molecule has 0 spiro atoms. The van der Waals surface area contributed by atoms with Gasteiger partial charge in [0.1, 0.15) is 0 Å². The van der Waals surface area contributed by atoms with Gasteiger partial charge in [0, 0.05) is 21.3 Å². The van der Waals surface area contributed by atoms with Crippen molar-refractivity contribution >= 4 is 27.3 Å². The molecule has 1 fully saturated rings. The second kappa shape index (κ2) is 4.77. The number of ether oxygens (including phenoxy) is 1. The zero-order valence-electron chi connectivity index (χ0n) is 9.68. The first-order valence-electron chi connectivity index (χ1n) is 5.57. The summed E-state index contributed by atoms with van der Waals surface area (Å²) in [5.41, 5.74) is 0.992. The summed E-state index contributed by atoms with van der Waals surface area (Å²) in [5, 5.41) is 14.5. The van der Waals surface area contributed by atoms with Crippen molar-refractivity contribution in [3.63, 3.8) is 0 Å². The Morgan fingerprint density at radius 2 is 2.00 bits per heavy atom. The van der Waals surface area contributed by atoms with Crippen molar-refractivity contribution in [2.45, 2.75) is 39.1 Å². The van der Waals surface area contributed by atoms with Gasteiger partial charge in [-0.15, -0.1) is 0 Å². The van der Waals surface area contributed by atoms with Crippen molar-refractivity contribution in [3.05, 3.63) is 20.8 Å². The molecule has 16 heavy (non-hydrogen) atoms. The van der Waals surface area contributed by atoms with Crippen LogP contribution >= 0.6 is 27.3 Å². The van der Waals surface area contributed by atoms with E-state index >= 15 is 0 Å². The van der Waals surface area contributed by atoms with Crippen LogP contribution in [0.2, 0.25) is 0 Å². The van der Waals surface area contributed by atoms with Gasteiger partial charge in [-0.2, -0.15) is 11.3 Å². The quantitative estimate of drug-likeness (QED) is 0.904. The summed E-state index contributed by atoms with van der Waals surface area (Å²) in [4.78, 5) is 0. The highest BCUT2D eigenvalue weighted by molar-refractivity contribution is 9.10. The Balaban J connectivity index is 2.22. The molecule has 4 heteroatoms. The summed E-state index contributed by atoms with van der Waals surface area (Å²) in [5.74, 6) is 0.567. The van der Waals surface area contributed by atoms with Crippen LogP contribution in [0.25, 0.3) is 0 Å². The van der Waals surface area contributed by atoms with E-state index in [0.29, 0.717) is 5.92 Å². The van der Waals surface area contributed by atoms with Crippen molar-refractivity contribution in [2.75, 3.05) is 0 Å². The van der Waals surface area contributed by atoms with E-state index in [4.69, 9.17) is 4.74 Å². The largest absolute Gasteiger partial charge is 0.388 e. The molecule has 0 saturated carbocycles. The van der Waals surface area contributed by atoms with Gasteiger partial charge in [0.05, 0.1) is 18.3 Å². The van der Waals surface area contributed by atoms with Crippen LogP contribution in [0.5, 0.6) is 0 Å². The second-order valence-corrected chi connectivity index (χ2v) is 6.20. The van der Waals surface area contributed by atoms with Gasteiger partial charge in [0.15, 0.2) is 0 Å². The SMILES string of the molecule is CC1OC(C)C(C(O)c2cscc2Br)C1C. The van der Waals surface area contributed by atoms with Crippen LogP contribution in [0.1, 0.15) is 32.4 Å². The molecule has 0 bridgehead atoms. The van der Waals surface area contributed by atoms with Crippen molar-refractivity contribution in [2.24, 2.45) is 11.8 Å². The van der Waals surface area contributed by atoms with Crippen molar-refractivity contribution in [1.29, 1.82) is 0 Å². The number of aliphatic hydroxyl groups excluding tert-OH is 1. The Morgan fingerprint density at radius 3 is 2.44 bits per heavy atom. The summed E-state index contributed by atoms with van der Waals surface area (Å²) < 4.78 is 6.78. The minimum atomic E-state index is -0.435. The monoisotopic (exact) mass is 304 g/mol. The number of hydrogen-bond donors (Lipinski definition) is 1. The highest BCUT2D eigenvalue weighted by atomic mass is 79.9. The minimum absolute atomic E-state index is 0.117. The number of rotatable bonds is 2. The first-order valence-corrected chi connectivity index (χ1v) is 7.31. The zero-order valence-corrected chi connectivity index (χ0v) is 12.1. The Hall–Kier alpha value is 0.100. The number of halogens is 1. The molecular weight excluding hydrogens is 288 g/mol. The fourth-order valence-corrected chi connectivity index (χ4v) is 4.11. The lowest BCUT2D eigenvalue weighted by Crippen LogP contribution is -2.24. The second-order valence-electron chi connectivity index (χ2n) is 4.60. The maximum Gasteiger partial charge on any atom is 0.0865 e. The normalized spacial score (nSPS) is 36.6. The van der Waals surface area contributed by atoms with E-state index in [0.717, 1.165) is 10.0 Å². The van der Waals surface area contributed by atoms with Gasteiger partial charge in [-0.3, -0.25) is 0 Å². The number of hydrogen-bond acceptors (Lipinski definition) is 3. The maximum atomic E-state index is 10.4. The molecule has 1 aromatic rings. The lowest BCUT2D eigenvalue weighted by Gasteiger charge is -2.24. The van der Waals surface area contributed by atoms with Gasteiger partial charge in [0.25, 0.3) is 0 Å². The molecule has 0 amide bonds. The molecule has 2 rings (SSSR count). The Kier molecular flexibility index (Phi) is 3.74. The molecule has 1 aliphatic heterocycles. The van der Waals surface area contributed by atoms with Crippen LogP contribution in [0, 0.1) is 11.8 Å². The van der Waals surface area contributed by atoms with E-state index in [2.05, 4.69) is 29.8 Å². The standard InChI is InChI=1S/C12H17BrO2S/c1-6-7(2)15-8(3)11(6)12(14)9-4-16-5-10(9)13/h4-8,11-12,14H,1-3H3. The van der Waals surface area contributed by atoms with Gasteiger partial charge in [-0.05, 0) is 41.1 Å². The van der Waals surface area contributed by atoms with Gasteiger partial charge in [-0.1, -0.05) is 6.92 Å². The van der Waals surface area contributed by atoms with Crippen molar-refractivity contribution in [1.82, 2.24) is 0 Å². The molecule has 2 nitrogen and oxygen atoms in total. The minimum Gasteiger partial charge on any atom is -0.388 e. The van der Waals surface area contributed by atoms with Crippen LogP contribution in [0.4, 0.5) is 0 Å². The van der Waals surface area contributed by atoms with E-state index < -0.39 is 6.10 Å². The third-order valence-electron chi connectivity index (χ3n) is 3.64. The highest BCUT2D eigenvalue weighted by Gasteiger charge is 2.42. The van der Waals surface area contributed by atoms with Gasteiger partial charge < -0.3 is 9.84 Å². The smallest absolute Gasteiger partial charge is 0.0865 e. The van der Waals surface area contributed by atoms with Gasteiger partial charge >= 0.3 is 0 Å². The van der Waals surface area contributed by atoms with E-state index in [1.54, 1.807) is 11.3 Å². The highest BCUT2D eigenvalue weighted by Crippen LogP contribution is 2.42. The molecule has 5 unspecified atom stereocenters. The third-order valence-corrected chi connectivity index (χ3v) is 5.40. The molecule has 1 N–H and O–H groups in total. The van der Waals surface area contributed by atoms with Crippen molar-refractivity contribution in [3.8, 4) is 0 Å². The summed E-state index contributed by atoms with van der Waals surface area (Å²) in [7, 11) is 0. The van der Waals surface area contributed by atoms with Crippen LogP contribution < -0.4 is 0 Å². The molecule has 0 aliphatic carbocycles. The lowest BCUT2D eigenvalue weighted by molar-refractivity contribution is 0.0230. The fraction of sp³-hybridized carbons (Fsp3) is 0.667. The zero-order chi connectivity index (χ0) is 11.9. The first kappa shape index (κ1) is 12.6. The fourth-order valence-electron chi connectivity index (χ4n) is 2.55. The molecular formula is C12H17BrO2S. The first-order chi connectivity index (χ1) is 7.52. The molecule has 2 heterocycles. The van der Waals surface area contributed by atoms with Crippen LogP contribution in [0.15, 0.2) is 15.2 Å². The molecule has 5 atom stereocenters. The average molecular weight is 305 g/mol. The molecule has 1 aliphatic rings. The molecule has 0 aromatic carbocycles. The maximum absolute atomic E-state index is 10.4. The summed E-state index contributed by atoms with van der Waals surface area (Å²) in [6.07, 6.45) is -0.0885. The Bertz CT molecular complexity index is 366. The van der Waals surface area contributed by atoms with Crippen LogP contribution in [-0.4, -0.2) is 17.3 Å². The topological polar surface area (TPSA) is 29.5 Å². The van der Waals surface area contributed by atoms with E-state index in [-0.39, 0.29) is 18.1 Å². The Morgan fingerprint density at radius 1 is 1.31 bits per heavy atom. The van der Waals surface area contributed by atoms with Gasteiger partial charge in [-0.25, -0.2) is 0 Å².